The van der Waals surface area contributed by atoms with Crippen LogP contribution in [0.1, 0.15) is 49.3 Å². The van der Waals surface area contributed by atoms with E-state index in [1.54, 1.807) is 0 Å². The van der Waals surface area contributed by atoms with Gasteiger partial charge < -0.3 is 8.83 Å². The fourth-order valence-electron chi connectivity index (χ4n) is 2.42. The Bertz CT molecular complexity index is 807. The first-order valence-corrected chi connectivity index (χ1v) is 7.81. The summed E-state index contributed by atoms with van der Waals surface area (Å²) in [5.74, 6) is 2.73. The molecule has 114 valence electrons. The second-order valence-corrected chi connectivity index (χ2v) is 6.18. The molecule has 0 spiro atoms. The summed E-state index contributed by atoms with van der Waals surface area (Å²) in [5, 5.41) is 13.2. The van der Waals surface area contributed by atoms with E-state index in [0.29, 0.717) is 23.4 Å². The number of halogens is 1. The molecule has 4 rings (SSSR count). The molecule has 0 saturated heterocycles. The number of furan rings is 1. The van der Waals surface area contributed by atoms with Crippen molar-refractivity contribution in [2.24, 2.45) is 0 Å². The molecule has 22 heavy (non-hydrogen) atoms. The number of hydrogen-bond donors (Lipinski definition) is 1. The molecule has 1 atom stereocenters. The van der Waals surface area contributed by atoms with Crippen molar-refractivity contribution in [2.75, 3.05) is 0 Å². The molecule has 0 unspecified atom stereocenters. The SMILES string of the molecule is C[C@H](NCc1nnc(C2CC2)o1)c1cc2cc(Cl)ccc2o1. The summed E-state index contributed by atoms with van der Waals surface area (Å²) < 4.78 is 11.5. The first kappa shape index (κ1) is 13.8. The van der Waals surface area contributed by atoms with Crippen molar-refractivity contribution in [3.8, 4) is 0 Å². The van der Waals surface area contributed by atoms with Crippen LogP contribution >= 0.6 is 11.6 Å². The van der Waals surface area contributed by atoms with Crippen LogP contribution in [0.15, 0.2) is 33.1 Å². The Morgan fingerprint density at radius 3 is 2.95 bits per heavy atom. The molecule has 0 aliphatic heterocycles. The lowest BCUT2D eigenvalue weighted by Gasteiger charge is -2.08. The highest BCUT2D eigenvalue weighted by Crippen LogP contribution is 2.39. The Balaban J connectivity index is 1.44. The van der Waals surface area contributed by atoms with Crippen molar-refractivity contribution in [2.45, 2.75) is 38.3 Å². The third-order valence-electron chi connectivity index (χ3n) is 3.89. The van der Waals surface area contributed by atoms with Gasteiger partial charge in [-0.15, -0.1) is 10.2 Å². The molecular formula is C16H16ClN3O2. The Hall–Kier alpha value is -1.85. The maximum atomic E-state index is 6.00. The predicted octanol–water partition coefficient (Wildman–Crippen LogP) is 4.20. The van der Waals surface area contributed by atoms with Crippen molar-refractivity contribution >= 4 is 22.6 Å². The molecule has 1 saturated carbocycles. The van der Waals surface area contributed by atoms with E-state index in [1.165, 1.54) is 0 Å². The van der Waals surface area contributed by atoms with Gasteiger partial charge in [-0.2, -0.15) is 0 Å². The summed E-state index contributed by atoms with van der Waals surface area (Å²) in [4.78, 5) is 0. The molecule has 3 aromatic rings. The number of aromatic nitrogens is 2. The van der Waals surface area contributed by atoms with Gasteiger partial charge in [-0.1, -0.05) is 11.6 Å². The van der Waals surface area contributed by atoms with Gasteiger partial charge in [0.2, 0.25) is 11.8 Å². The summed E-state index contributed by atoms with van der Waals surface area (Å²) in [6.07, 6.45) is 2.32. The minimum Gasteiger partial charge on any atom is -0.459 e. The highest BCUT2D eigenvalue weighted by atomic mass is 35.5. The Morgan fingerprint density at radius 1 is 1.27 bits per heavy atom. The zero-order valence-corrected chi connectivity index (χ0v) is 12.9. The number of rotatable bonds is 5. The molecular weight excluding hydrogens is 302 g/mol. The Labute approximate surface area is 132 Å². The predicted molar refractivity (Wildman–Crippen MR) is 82.8 cm³/mol. The fourth-order valence-corrected chi connectivity index (χ4v) is 2.60. The van der Waals surface area contributed by atoms with Crippen LogP contribution in [-0.2, 0) is 6.54 Å². The first-order chi connectivity index (χ1) is 10.7. The average molecular weight is 318 g/mol. The summed E-state index contributed by atoms with van der Waals surface area (Å²) >= 11 is 6.00. The molecule has 0 amide bonds. The third kappa shape index (κ3) is 2.74. The third-order valence-corrected chi connectivity index (χ3v) is 4.13. The molecule has 2 aromatic heterocycles. The normalized spacial score (nSPS) is 16.3. The van der Waals surface area contributed by atoms with Crippen molar-refractivity contribution in [1.82, 2.24) is 15.5 Å². The molecule has 1 aliphatic carbocycles. The Morgan fingerprint density at radius 2 is 2.14 bits per heavy atom. The average Bonchev–Trinajstić information content (AvgIpc) is 3.10. The molecule has 1 N–H and O–H groups in total. The highest BCUT2D eigenvalue weighted by molar-refractivity contribution is 6.31. The van der Waals surface area contributed by atoms with Gasteiger partial charge in [0.25, 0.3) is 0 Å². The van der Waals surface area contributed by atoms with E-state index in [2.05, 4.69) is 15.5 Å². The molecule has 1 aromatic carbocycles. The molecule has 5 nitrogen and oxygen atoms in total. The van der Waals surface area contributed by atoms with E-state index >= 15 is 0 Å². The lowest BCUT2D eigenvalue weighted by Crippen LogP contribution is -2.17. The van der Waals surface area contributed by atoms with Gasteiger partial charge in [-0.05, 0) is 44.0 Å². The van der Waals surface area contributed by atoms with Gasteiger partial charge >= 0.3 is 0 Å². The number of nitrogens with one attached hydrogen (secondary N) is 1. The maximum absolute atomic E-state index is 6.00. The van der Waals surface area contributed by atoms with E-state index in [0.717, 1.165) is 35.5 Å². The van der Waals surface area contributed by atoms with Gasteiger partial charge in [0.15, 0.2) is 0 Å². The largest absolute Gasteiger partial charge is 0.459 e. The fraction of sp³-hybridized carbons (Fsp3) is 0.375. The summed E-state index contributed by atoms with van der Waals surface area (Å²) in [7, 11) is 0. The van der Waals surface area contributed by atoms with E-state index in [-0.39, 0.29) is 6.04 Å². The zero-order valence-electron chi connectivity index (χ0n) is 12.2. The van der Waals surface area contributed by atoms with E-state index < -0.39 is 0 Å². The van der Waals surface area contributed by atoms with Crippen LogP contribution in [0.2, 0.25) is 5.02 Å². The van der Waals surface area contributed by atoms with Crippen molar-refractivity contribution in [1.29, 1.82) is 0 Å². The number of hydrogen-bond acceptors (Lipinski definition) is 5. The van der Waals surface area contributed by atoms with Crippen LogP contribution in [0, 0.1) is 0 Å². The smallest absolute Gasteiger partial charge is 0.230 e. The zero-order chi connectivity index (χ0) is 15.1. The van der Waals surface area contributed by atoms with E-state index in [1.807, 2.05) is 31.2 Å². The van der Waals surface area contributed by atoms with Gasteiger partial charge in [0, 0.05) is 16.3 Å². The molecule has 1 fully saturated rings. The van der Waals surface area contributed by atoms with Crippen LogP contribution < -0.4 is 5.32 Å². The van der Waals surface area contributed by atoms with Crippen LogP contribution in [-0.4, -0.2) is 10.2 Å². The molecule has 6 heteroatoms. The quantitative estimate of drug-likeness (QED) is 0.764. The molecule has 0 bridgehead atoms. The summed E-state index contributed by atoms with van der Waals surface area (Å²) in [5.41, 5.74) is 0.835. The van der Waals surface area contributed by atoms with Crippen molar-refractivity contribution < 1.29 is 8.83 Å². The van der Waals surface area contributed by atoms with E-state index in [4.69, 9.17) is 20.4 Å². The maximum Gasteiger partial charge on any atom is 0.230 e. The van der Waals surface area contributed by atoms with Crippen LogP contribution in [0.5, 0.6) is 0 Å². The number of fused-ring (bicyclic) bond motifs is 1. The first-order valence-electron chi connectivity index (χ1n) is 7.44. The summed E-state index contributed by atoms with van der Waals surface area (Å²) in [6.45, 7) is 2.57. The van der Waals surface area contributed by atoms with Crippen LogP contribution in [0.4, 0.5) is 0 Å². The van der Waals surface area contributed by atoms with Crippen molar-refractivity contribution in [3.63, 3.8) is 0 Å². The molecule has 1 aliphatic rings. The van der Waals surface area contributed by atoms with Gasteiger partial charge in [0.1, 0.15) is 11.3 Å². The monoisotopic (exact) mass is 317 g/mol. The second kappa shape index (κ2) is 5.41. The minimum atomic E-state index is 0.0439. The minimum absolute atomic E-state index is 0.0439. The molecule has 2 heterocycles. The number of benzene rings is 1. The van der Waals surface area contributed by atoms with E-state index in [9.17, 15) is 0 Å². The topological polar surface area (TPSA) is 64.1 Å². The van der Waals surface area contributed by atoms with Gasteiger partial charge in [-0.25, -0.2) is 0 Å². The van der Waals surface area contributed by atoms with Crippen LogP contribution in [0.25, 0.3) is 11.0 Å². The number of nitrogens with zero attached hydrogens (tertiary/aromatic N) is 2. The second-order valence-electron chi connectivity index (χ2n) is 5.74. The van der Waals surface area contributed by atoms with Crippen molar-refractivity contribution in [3.05, 3.63) is 46.8 Å². The van der Waals surface area contributed by atoms with Gasteiger partial charge in [0.05, 0.1) is 12.6 Å². The summed E-state index contributed by atoms with van der Waals surface area (Å²) in [6, 6.07) is 7.65. The molecule has 0 radical (unpaired) electrons. The van der Waals surface area contributed by atoms with Crippen LogP contribution in [0.3, 0.4) is 0 Å². The standard InChI is InChI=1S/C16H16ClN3O2/c1-9(14-7-11-6-12(17)4-5-13(11)21-14)18-8-15-19-20-16(22-15)10-2-3-10/h4-7,9-10,18H,2-3,8H2,1H3/t9-/m0/s1. The Kier molecular flexibility index (Phi) is 3.39. The highest BCUT2D eigenvalue weighted by Gasteiger charge is 2.29. The van der Waals surface area contributed by atoms with Gasteiger partial charge in [-0.3, -0.25) is 5.32 Å². The lowest BCUT2D eigenvalue weighted by atomic mass is 10.2. The lowest BCUT2D eigenvalue weighted by molar-refractivity contribution is 0.397.